The van der Waals surface area contributed by atoms with Crippen LogP contribution in [-0.4, -0.2) is 60.4 Å². The minimum Gasteiger partial charge on any atom is -0.336 e. The van der Waals surface area contributed by atoms with Gasteiger partial charge in [-0.2, -0.15) is 0 Å². The average molecular weight is 397 g/mol. The molecule has 0 unspecified atom stereocenters. The third kappa shape index (κ3) is 4.33. The van der Waals surface area contributed by atoms with Crippen LogP contribution in [0.5, 0.6) is 0 Å². The van der Waals surface area contributed by atoms with Crippen LogP contribution in [0.25, 0.3) is 0 Å². The third-order valence-corrected chi connectivity index (χ3v) is 4.49. The lowest BCUT2D eigenvalue weighted by Crippen LogP contribution is -2.48. The van der Waals surface area contributed by atoms with Gasteiger partial charge in [0.1, 0.15) is 0 Å². The molecule has 1 aliphatic heterocycles. The maximum atomic E-state index is 12.3. The minimum absolute atomic E-state index is 0.0534. The Labute approximate surface area is 149 Å². The van der Waals surface area contributed by atoms with Crippen molar-refractivity contribution in [2.75, 3.05) is 32.0 Å². The van der Waals surface area contributed by atoms with Crippen LogP contribution < -0.4 is 10.6 Å². The Bertz CT molecular complexity index is 665. The first-order valence-corrected chi connectivity index (χ1v) is 8.44. The number of anilines is 1. The molecule has 2 N–H and O–H groups in total. The monoisotopic (exact) mass is 396 g/mol. The number of nitrogens with one attached hydrogen (secondary N) is 2. The van der Waals surface area contributed by atoms with Gasteiger partial charge in [0.25, 0.3) is 0 Å². The average Bonchev–Trinajstić information content (AvgIpc) is 2.94. The number of hydrogen-bond donors (Lipinski definition) is 2. The molecule has 1 fully saturated rings. The SMILES string of the molecule is Cc1cc(Br)ccc1NC(=O)CN(C)[C@@H](C)C(=O)N1CCNC1=O. The zero-order valence-electron chi connectivity index (χ0n) is 13.9. The quantitative estimate of drug-likeness (QED) is 0.791. The summed E-state index contributed by atoms with van der Waals surface area (Å²) in [6, 6.07) is 4.64. The summed E-state index contributed by atoms with van der Waals surface area (Å²) in [4.78, 5) is 38.9. The van der Waals surface area contributed by atoms with E-state index in [1.54, 1.807) is 18.9 Å². The van der Waals surface area contributed by atoms with Crippen LogP contribution >= 0.6 is 15.9 Å². The Hall–Kier alpha value is -1.93. The molecule has 4 amide bonds. The largest absolute Gasteiger partial charge is 0.336 e. The summed E-state index contributed by atoms with van der Waals surface area (Å²) in [5.74, 6) is -0.520. The van der Waals surface area contributed by atoms with E-state index in [1.165, 1.54) is 4.90 Å². The number of carbonyl (C=O) groups is 3. The number of rotatable bonds is 5. The highest BCUT2D eigenvalue weighted by Crippen LogP contribution is 2.20. The van der Waals surface area contributed by atoms with Gasteiger partial charge in [0.2, 0.25) is 11.8 Å². The number of carbonyl (C=O) groups excluding carboxylic acids is 3. The van der Waals surface area contributed by atoms with Crippen molar-refractivity contribution < 1.29 is 14.4 Å². The van der Waals surface area contributed by atoms with Crippen molar-refractivity contribution >= 4 is 39.5 Å². The number of benzene rings is 1. The summed E-state index contributed by atoms with van der Waals surface area (Å²) in [5, 5.41) is 5.43. The van der Waals surface area contributed by atoms with E-state index in [-0.39, 0.29) is 24.4 Å². The van der Waals surface area contributed by atoms with Crippen LogP contribution in [0.2, 0.25) is 0 Å². The van der Waals surface area contributed by atoms with Crippen LogP contribution in [-0.2, 0) is 9.59 Å². The third-order valence-electron chi connectivity index (χ3n) is 4.00. The van der Waals surface area contributed by atoms with Crippen molar-refractivity contribution in [1.82, 2.24) is 15.1 Å². The molecule has 1 atom stereocenters. The summed E-state index contributed by atoms with van der Waals surface area (Å²) < 4.78 is 0.943. The van der Waals surface area contributed by atoms with Gasteiger partial charge in [0.15, 0.2) is 0 Å². The molecule has 8 heteroatoms. The summed E-state index contributed by atoms with van der Waals surface area (Å²) in [7, 11) is 1.69. The molecule has 1 aromatic carbocycles. The standard InChI is InChI=1S/C16H21BrN4O3/c1-10-8-12(17)4-5-13(10)19-14(22)9-20(3)11(2)15(23)21-7-6-18-16(21)24/h4-5,8,11H,6-7,9H2,1-3H3,(H,18,24)(H,19,22)/t11-/m0/s1. The van der Waals surface area contributed by atoms with Crippen molar-refractivity contribution in [3.63, 3.8) is 0 Å². The number of hydrogen-bond acceptors (Lipinski definition) is 4. The highest BCUT2D eigenvalue weighted by atomic mass is 79.9. The van der Waals surface area contributed by atoms with Gasteiger partial charge in [0.05, 0.1) is 12.6 Å². The first kappa shape index (κ1) is 18.4. The molecule has 0 saturated carbocycles. The fourth-order valence-corrected chi connectivity index (χ4v) is 2.89. The van der Waals surface area contributed by atoms with Crippen molar-refractivity contribution in [2.45, 2.75) is 19.9 Å². The fourth-order valence-electron chi connectivity index (χ4n) is 2.42. The predicted molar refractivity (Wildman–Crippen MR) is 94.7 cm³/mol. The molecule has 130 valence electrons. The van der Waals surface area contributed by atoms with E-state index in [2.05, 4.69) is 26.6 Å². The van der Waals surface area contributed by atoms with Gasteiger partial charge in [-0.1, -0.05) is 15.9 Å². The first-order chi connectivity index (χ1) is 11.3. The topological polar surface area (TPSA) is 81.8 Å². The molecular weight excluding hydrogens is 376 g/mol. The lowest BCUT2D eigenvalue weighted by atomic mass is 10.2. The normalized spacial score (nSPS) is 15.4. The molecule has 2 rings (SSSR count). The molecule has 0 aromatic heterocycles. The smallest absolute Gasteiger partial charge is 0.324 e. The summed E-state index contributed by atoms with van der Waals surface area (Å²) in [6.07, 6.45) is 0. The van der Waals surface area contributed by atoms with Gasteiger partial charge < -0.3 is 10.6 Å². The van der Waals surface area contributed by atoms with Crippen LogP contribution in [0.1, 0.15) is 12.5 Å². The maximum absolute atomic E-state index is 12.3. The van der Waals surface area contributed by atoms with Crippen molar-refractivity contribution in [1.29, 1.82) is 0 Å². The molecule has 1 heterocycles. The molecule has 24 heavy (non-hydrogen) atoms. The van der Waals surface area contributed by atoms with Gasteiger partial charge in [-0.25, -0.2) is 4.79 Å². The summed E-state index contributed by atoms with van der Waals surface area (Å²) in [6.45, 7) is 4.47. The van der Waals surface area contributed by atoms with E-state index in [9.17, 15) is 14.4 Å². The van der Waals surface area contributed by atoms with Crippen molar-refractivity contribution in [2.24, 2.45) is 0 Å². The number of amides is 4. The Morgan fingerprint density at radius 2 is 2.17 bits per heavy atom. The maximum Gasteiger partial charge on any atom is 0.324 e. The second-order valence-corrected chi connectivity index (χ2v) is 6.74. The van der Waals surface area contributed by atoms with Gasteiger partial charge in [-0.05, 0) is 44.7 Å². The van der Waals surface area contributed by atoms with E-state index in [0.29, 0.717) is 13.1 Å². The molecule has 7 nitrogen and oxygen atoms in total. The van der Waals surface area contributed by atoms with E-state index < -0.39 is 6.04 Å². The van der Waals surface area contributed by atoms with Crippen molar-refractivity contribution in [3.8, 4) is 0 Å². The Morgan fingerprint density at radius 1 is 1.46 bits per heavy atom. The van der Waals surface area contributed by atoms with Crippen LogP contribution in [0.15, 0.2) is 22.7 Å². The molecular formula is C16H21BrN4O3. The molecule has 0 radical (unpaired) electrons. The zero-order chi connectivity index (χ0) is 17.9. The molecule has 0 spiro atoms. The minimum atomic E-state index is -0.564. The number of aryl methyl sites for hydroxylation is 1. The molecule has 1 aromatic rings. The van der Waals surface area contributed by atoms with Gasteiger partial charge in [-0.3, -0.25) is 19.4 Å². The van der Waals surface area contributed by atoms with Crippen LogP contribution in [0, 0.1) is 6.92 Å². The van der Waals surface area contributed by atoms with Crippen LogP contribution in [0.3, 0.4) is 0 Å². The van der Waals surface area contributed by atoms with E-state index in [4.69, 9.17) is 0 Å². The molecule has 1 aliphatic rings. The molecule has 1 saturated heterocycles. The number of likely N-dealkylation sites (N-methyl/N-ethyl adjacent to an activating group) is 1. The number of halogens is 1. The molecule has 0 bridgehead atoms. The van der Waals surface area contributed by atoms with Crippen LogP contribution in [0.4, 0.5) is 10.5 Å². The Balaban J connectivity index is 1.92. The summed E-state index contributed by atoms with van der Waals surface area (Å²) in [5.41, 5.74) is 1.67. The second-order valence-electron chi connectivity index (χ2n) is 5.82. The van der Waals surface area contributed by atoms with Gasteiger partial charge in [-0.15, -0.1) is 0 Å². The fraction of sp³-hybridized carbons (Fsp3) is 0.438. The lowest BCUT2D eigenvalue weighted by molar-refractivity contribution is -0.132. The summed E-state index contributed by atoms with van der Waals surface area (Å²) >= 11 is 3.38. The first-order valence-electron chi connectivity index (χ1n) is 7.65. The zero-order valence-corrected chi connectivity index (χ0v) is 15.5. The van der Waals surface area contributed by atoms with Crippen molar-refractivity contribution in [3.05, 3.63) is 28.2 Å². The number of urea groups is 1. The van der Waals surface area contributed by atoms with E-state index in [1.807, 2.05) is 25.1 Å². The Morgan fingerprint density at radius 3 is 2.75 bits per heavy atom. The molecule has 0 aliphatic carbocycles. The van der Waals surface area contributed by atoms with E-state index >= 15 is 0 Å². The van der Waals surface area contributed by atoms with Gasteiger partial charge >= 0.3 is 6.03 Å². The number of nitrogens with zero attached hydrogens (tertiary/aromatic N) is 2. The lowest BCUT2D eigenvalue weighted by Gasteiger charge is -2.26. The predicted octanol–water partition coefficient (Wildman–Crippen LogP) is 1.57. The second kappa shape index (κ2) is 7.76. The van der Waals surface area contributed by atoms with E-state index in [0.717, 1.165) is 15.7 Å². The van der Waals surface area contributed by atoms with Gasteiger partial charge in [0, 0.05) is 23.2 Å². The number of imide groups is 1. The highest BCUT2D eigenvalue weighted by molar-refractivity contribution is 9.10. The highest BCUT2D eigenvalue weighted by Gasteiger charge is 2.31. The Kier molecular flexibility index (Phi) is 5.95.